The largest absolute Gasteiger partial charge is 0.478 e. The quantitative estimate of drug-likeness (QED) is 0.799. The first kappa shape index (κ1) is 9.51. The summed E-state index contributed by atoms with van der Waals surface area (Å²) in [4.78, 5) is 13.9. The summed E-state index contributed by atoms with van der Waals surface area (Å²) in [7, 11) is 0. The van der Waals surface area contributed by atoms with Crippen molar-refractivity contribution in [1.82, 2.24) is 14.8 Å². The van der Waals surface area contributed by atoms with E-state index in [9.17, 15) is 4.79 Å². The average molecular weight is 205 g/mol. The van der Waals surface area contributed by atoms with E-state index in [2.05, 4.69) is 10.1 Å². The normalized spacial score (nSPS) is 10.5. The van der Waals surface area contributed by atoms with Crippen LogP contribution in [0.4, 0.5) is 0 Å². The highest BCUT2D eigenvalue weighted by Crippen LogP contribution is 2.19. The minimum Gasteiger partial charge on any atom is -0.478 e. The van der Waals surface area contributed by atoms with Crippen LogP contribution in [0, 0.1) is 0 Å². The van der Waals surface area contributed by atoms with Gasteiger partial charge in [0.2, 0.25) is 0 Å². The Balaban J connectivity index is 2.54. The van der Waals surface area contributed by atoms with Crippen molar-refractivity contribution in [3.63, 3.8) is 0 Å². The lowest BCUT2D eigenvalue weighted by atomic mass is 10.2. The van der Waals surface area contributed by atoms with Gasteiger partial charge in [-0.15, -0.1) is 0 Å². The standard InChI is InChI=1S/C10H11N3O2/c1-2-13-6-7(10(14)15)9(12-13)8-4-3-5-11-8/h3-6,11H,2H2,1H3,(H,14,15). The summed E-state index contributed by atoms with van der Waals surface area (Å²) < 4.78 is 1.61. The fourth-order valence-corrected chi connectivity index (χ4v) is 1.42. The fourth-order valence-electron chi connectivity index (χ4n) is 1.42. The average Bonchev–Trinajstić information content (AvgIpc) is 2.86. The van der Waals surface area contributed by atoms with E-state index in [-0.39, 0.29) is 5.56 Å². The smallest absolute Gasteiger partial charge is 0.339 e. The van der Waals surface area contributed by atoms with Crippen molar-refractivity contribution in [3.8, 4) is 11.4 Å². The molecule has 0 unspecified atom stereocenters. The van der Waals surface area contributed by atoms with Crippen LogP contribution in [0.1, 0.15) is 17.3 Å². The molecule has 0 spiro atoms. The highest BCUT2D eigenvalue weighted by atomic mass is 16.4. The van der Waals surface area contributed by atoms with Gasteiger partial charge in [0, 0.05) is 18.9 Å². The number of hydrogen-bond donors (Lipinski definition) is 2. The van der Waals surface area contributed by atoms with Crippen molar-refractivity contribution in [2.75, 3.05) is 0 Å². The lowest BCUT2D eigenvalue weighted by Crippen LogP contribution is -1.96. The number of nitrogens with one attached hydrogen (secondary N) is 1. The highest BCUT2D eigenvalue weighted by Gasteiger charge is 2.16. The Bertz CT molecular complexity index is 471. The van der Waals surface area contributed by atoms with Gasteiger partial charge in [0.1, 0.15) is 11.3 Å². The molecule has 5 nitrogen and oxygen atoms in total. The van der Waals surface area contributed by atoms with E-state index in [0.717, 1.165) is 5.69 Å². The zero-order valence-electron chi connectivity index (χ0n) is 8.27. The molecular weight excluding hydrogens is 194 g/mol. The Kier molecular flexibility index (Phi) is 2.29. The minimum atomic E-state index is -0.959. The minimum absolute atomic E-state index is 0.222. The number of aromatic nitrogens is 3. The predicted octanol–water partition coefficient (Wildman–Crippen LogP) is 1.60. The van der Waals surface area contributed by atoms with E-state index in [0.29, 0.717) is 12.2 Å². The third-order valence-corrected chi connectivity index (χ3v) is 2.17. The number of carboxylic acids is 1. The van der Waals surface area contributed by atoms with Crippen LogP contribution in [0.15, 0.2) is 24.5 Å². The van der Waals surface area contributed by atoms with E-state index >= 15 is 0 Å². The molecule has 0 atom stereocenters. The van der Waals surface area contributed by atoms with Crippen molar-refractivity contribution in [2.24, 2.45) is 0 Å². The van der Waals surface area contributed by atoms with Gasteiger partial charge >= 0.3 is 5.97 Å². The molecule has 0 radical (unpaired) electrons. The van der Waals surface area contributed by atoms with Crippen molar-refractivity contribution >= 4 is 5.97 Å². The number of H-pyrrole nitrogens is 1. The summed E-state index contributed by atoms with van der Waals surface area (Å²) in [5.41, 5.74) is 1.42. The number of hydrogen-bond acceptors (Lipinski definition) is 2. The van der Waals surface area contributed by atoms with Crippen molar-refractivity contribution in [1.29, 1.82) is 0 Å². The molecule has 2 heterocycles. The maximum Gasteiger partial charge on any atom is 0.339 e. The van der Waals surface area contributed by atoms with Crippen molar-refractivity contribution < 1.29 is 9.90 Å². The monoisotopic (exact) mass is 205 g/mol. The van der Waals surface area contributed by atoms with Gasteiger partial charge in [0.15, 0.2) is 0 Å². The molecule has 2 rings (SSSR count). The molecule has 2 N–H and O–H groups in total. The fraction of sp³-hybridized carbons (Fsp3) is 0.200. The summed E-state index contributed by atoms with van der Waals surface area (Å²) in [6.45, 7) is 2.57. The maximum absolute atomic E-state index is 11.0. The van der Waals surface area contributed by atoms with E-state index in [1.165, 1.54) is 0 Å². The molecular formula is C10H11N3O2. The van der Waals surface area contributed by atoms with Gasteiger partial charge in [-0.25, -0.2) is 4.79 Å². The van der Waals surface area contributed by atoms with E-state index in [1.54, 1.807) is 23.1 Å². The van der Waals surface area contributed by atoms with Crippen LogP contribution in [0.2, 0.25) is 0 Å². The maximum atomic E-state index is 11.0. The van der Waals surface area contributed by atoms with E-state index in [4.69, 9.17) is 5.11 Å². The molecule has 0 aliphatic rings. The van der Waals surface area contributed by atoms with Gasteiger partial charge in [0.25, 0.3) is 0 Å². The Labute approximate surface area is 86.4 Å². The van der Waals surface area contributed by atoms with Gasteiger partial charge in [-0.1, -0.05) is 0 Å². The Morgan fingerprint density at radius 3 is 3.00 bits per heavy atom. The second kappa shape index (κ2) is 3.61. The number of aromatic carboxylic acids is 1. The SMILES string of the molecule is CCn1cc(C(=O)O)c(-c2ccc[nH]2)n1. The molecule has 2 aromatic rings. The van der Waals surface area contributed by atoms with Crippen LogP contribution < -0.4 is 0 Å². The third-order valence-electron chi connectivity index (χ3n) is 2.17. The summed E-state index contributed by atoms with van der Waals surface area (Å²) in [6, 6.07) is 3.61. The number of carbonyl (C=O) groups is 1. The van der Waals surface area contributed by atoms with E-state index in [1.807, 2.05) is 13.0 Å². The topological polar surface area (TPSA) is 70.9 Å². The molecule has 0 saturated carbocycles. The zero-order chi connectivity index (χ0) is 10.8. The molecule has 15 heavy (non-hydrogen) atoms. The second-order valence-electron chi connectivity index (χ2n) is 3.14. The number of aryl methyl sites for hydroxylation is 1. The summed E-state index contributed by atoms with van der Waals surface area (Å²) in [5, 5.41) is 13.2. The first-order chi connectivity index (χ1) is 7.22. The Hall–Kier alpha value is -2.04. The number of aromatic amines is 1. The van der Waals surface area contributed by atoms with Gasteiger partial charge < -0.3 is 10.1 Å². The van der Waals surface area contributed by atoms with E-state index < -0.39 is 5.97 Å². The first-order valence-corrected chi connectivity index (χ1v) is 4.67. The molecule has 0 saturated heterocycles. The van der Waals surface area contributed by atoms with Crippen LogP contribution in [0.5, 0.6) is 0 Å². The van der Waals surface area contributed by atoms with Gasteiger partial charge in [0.05, 0.1) is 5.69 Å². The summed E-state index contributed by atoms with van der Waals surface area (Å²) in [5.74, 6) is -0.959. The molecule has 5 heteroatoms. The number of carboxylic acid groups (broad SMARTS) is 1. The van der Waals surface area contributed by atoms with Crippen LogP contribution in [-0.4, -0.2) is 25.8 Å². The lowest BCUT2D eigenvalue weighted by Gasteiger charge is -1.93. The molecule has 0 aromatic carbocycles. The Morgan fingerprint density at radius 2 is 2.47 bits per heavy atom. The molecule has 2 aromatic heterocycles. The van der Waals surface area contributed by atoms with Gasteiger partial charge in [-0.3, -0.25) is 4.68 Å². The van der Waals surface area contributed by atoms with Crippen LogP contribution >= 0.6 is 0 Å². The lowest BCUT2D eigenvalue weighted by molar-refractivity contribution is 0.0697. The molecule has 0 amide bonds. The highest BCUT2D eigenvalue weighted by molar-refractivity contribution is 5.94. The number of rotatable bonds is 3. The molecule has 0 fully saturated rings. The van der Waals surface area contributed by atoms with Crippen molar-refractivity contribution in [3.05, 3.63) is 30.1 Å². The summed E-state index contributed by atoms with van der Waals surface area (Å²) in [6.07, 6.45) is 3.28. The van der Waals surface area contributed by atoms with Crippen molar-refractivity contribution in [2.45, 2.75) is 13.5 Å². The van der Waals surface area contributed by atoms with Gasteiger partial charge in [-0.2, -0.15) is 5.10 Å². The van der Waals surface area contributed by atoms with Gasteiger partial charge in [-0.05, 0) is 19.1 Å². The molecule has 0 bridgehead atoms. The zero-order valence-corrected chi connectivity index (χ0v) is 8.27. The molecule has 0 aliphatic carbocycles. The molecule has 78 valence electrons. The van der Waals surface area contributed by atoms with Crippen LogP contribution in [0.3, 0.4) is 0 Å². The number of nitrogens with zero attached hydrogens (tertiary/aromatic N) is 2. The van der Waals surface area contributed by atoms with Crippen LogP contribution in [0.25, 0.3) is 11.4 Å². The van der Waals surface area contributed by atoms with Crippen LogP contribution in [-0.2, 0) is 6.54 Å². The molecule has 0 aliphatic heterocycles. The summed E-state index contributed by atoms with van der Waals surface area (Å²) >= 11 is 0. The predicted molar refractivity (Wildman–Crippen MR) is 54.6 cm³/mol. The third kappa shape index (κ3) is 1.63. The Morgan fingerprint density at radius 1 is 1.67 bits per heavy atom. The first-order valence-electron chi connectivity index (χ1n) is 4.67. The second-order valence-corrected chi connectivity index (χ2v) is 3.14.